The van der Waals surface area contributed by atoms with Gasteiger partial charge in [-0.15, -0.1) is 11.3 Å². The lowest BCUT2D eigenvalue weighted by Crippen LogP contribution is -2.44. The fourth-order valence-corrected chi connectivity index (χ4v) is 5.16. The van der Waals surface area contributed by atoms with Gasteiger partial charge in [0.1, 0.15) is 0 Å². The van der Waals surface area contributed by atoms with Crippen LogP contribution in [-0.4, -0.2) is 6.04 Å². The molecule has 2 bridgehead atoms. The van der Waals surface area contributed by atoms with Gasteiger partial charge in [-0.2, -0.15) is 0 Å². The summed E-state index contributed by atoms with van der Waals surface area (Å²) in [6.07, 6.45) is 4.24. The molecular weight excluding hydrogens is 238 g/mol. The quantitative estimate of drug-likeness (QED) is 0.854. The van der Waals surface area contributed by atoms with Gasteiger partial charge in [-0.3, -0.25) is 0 Å². The highest BCUT2D eigenvalue weighted by Crippen LogP contribution is 2.65. The van der Waals surface area contributed by atoms with Crippen molar-refractivity contribution in [1.82, 2.24) is 5.32 Å². The molecular formula is C16H25NS. The maximum Gasteiger partial charge on any atom is 0.0302 e. The fraction of sp³-hybridized carbons (Fsp3) is 0.750. The molecule has 0 unspecified atom stereocenters. The number of hydrogen-bond donors (Lipinski definition) is 1. The zero-order valence-corrected chi connectivity index (χ0v) is 12.9. The topological polar surface area (TPSA) is 12.0 Å². The van der Waals surface area contributed by atoms with Crippen molar-refractivity contribution in [3.63, 3.8) is 0 Å². The molecule has 0 aliphatic heterocycles. The van der Waals surface area contributed by atoms with Crippen LogP contribution in [0, 0.1) is 23.7 Å². The predicted molar refractivity (Wildman–Crippen MR) is 78.9 cm³/mol. The molecule has 0 saturated heterocycles. The van der Waals surface area contributed by atoms with E-state index in [1.54, 1.807) is 0 Å². The maximum absolute atomic E-state index is 3.85. The van der Waals surface area contributed by atoms with E-state index in [2.05, 4.69) is 45.1 Å². The Hall–Kier alpha value is -0.340. The number of hydrogen-bond acceptors (Lipinski definition) is 2. The van der Waals surface area contributed by atoms with Gasteiger partial charge in [0.2, 0.25) is 0 Å². The highest BCUT2D eigenvalue weighted by Gasteiger charge is 2.60. The van der Waals surface area contributed by atoms with Crippen LogP contribution >= 0.6 is 11.3 Å². The first-order valence-electron chi connectivity index (χ1n) is 7.22. The largest absolute Gasteiger partial charge is 0.309 e. The Morgan fingerprint density at radius 3 is 2.61 bits per heavy atom. The first kappa shape index (κ1) is 12.7. The van der Waals surface area contributed by atoms with Gasteiger partial charge in [0.15, 0.2) is 0 Å². The molecule has 0 radical (unpaired) electrons. The van der Waals surface area contributed by atoms with Crippen molar-refractivity contribution in [2.75, 3.05) is 0 Å². The summed E-state index contributed by atoms with van der Waals surface area (Å²) in [5.41, 5.74) is 1.03. The number of nitrogens with one attached hydrogen (secondary N) is 1. The molecule has 2 heteroatoms. The van der Waals surface area contributed by atoms with Crippen molar-refractivity contribution in [3.8, 4) is 0 Å². The Morgan fingerprint density at radius 1 is 1.33 bits per heavy atom. The summed E-state index contributed by atoms with van der Waals surface area (Å²) in [6, 6.07) is 5.22. The van der Waals surface area contributed by atoms with Gasteiger partial charge in [-0.1, -0.05) is 20.8 Å². The predicted octanol–water partition coefficient (Wildman–Crippen LogP) is 4.36. The Morgan fingerprint density at radius 2 is 2.11 bits per heavy atom. The van der Waals surface area contributed by atoms with Gasteiger partial charge in [-0.25, -0.2) is 0 Å². The number of rotatable bonds is 3. The Labute approximate surface area is 115 Å². The minimum Gasteiger partial charge on any atom is -0.309 e. The second-order valence-electron chi connectivity index (χ2n) is 7.06. The first-order chi connectivity index (χ1) is 8.43. The van der Waals surface area contributed by atoms with Gasteiger partial charge in [0, 0.05) is 22.3 Å². The van der Waals surface area contributed by atoms with E-state index in [4.69, 9.17) is 0 Å². The molecule has 0 aromatic carbocycles. The second-order valence-corrected chi connectivity index (χ2v) is 8.43. The van der Waals surface area contributed by atoms with Crippen LogP contribution in [0.1, 0.15) is 49.8 Å². The number of fused-ring (bicyclic) bond motifs is 2. The zero-order valence-electron chi connectivity index (χ0n) is 12.0. The Kier molecular flexibility index (Phi) is 2.87. The Balaban J connectivity index is 1.69. The molecule has 2 aliphatic carbocycles. The SMILES string of the molecule is Cc1ccc(CN[C@@H]2C[C@H]3CC[C@]2(C)C3(C)C)s1. The lowest BCUT2D eigenvalue weighted by Gasteiger charge is -2.39. The minimum atomic E-state index is 0.504. The molecule has 0 amide bonds. The average molecular weight is 263 g/mol. The highest BCUT2D eigenvalue weighted by atomic mass is 32.1. The van der Waals surface area contributed by atoms with Crippen LogP contribution in [-0.2, 0) is 6.54 Å². The molecule has 1 nitrogen and oxygen atoms in total. The van der Waals surface area contributed by atoms with Crippen molar-refractivity contribution in [1.29, 1.82) is 0 Å². The third-order valence-electron chi connectivity index (χ3n) is 6.11. The molecule has 18 heavy (non-hydrogen) atoms. The van der Waals surface area contributed by atoms with Crippen molar-refractivity contribution < 1.29 is 0 Å². The summed E-state index contributed by atoms with van der Waals surface area (Å²) in [5, 5.41) is 3.85. The molecule has 3 rings (SSSR count). The fourth-order valence-electron chi connectivity index (χ4n) is 4.32. The van der Waals surface area contributed by atoms with E-state index in [0.717, 1.165) is 12.5 Å². The molecule has 100 valence electrons. The van der Waals surface area contributed by atoms with Crippen molar-refractivity contribution in [3.05, 3.63) is 21.9 Å². The van der Waals surface area contributed by atoms with Crippen LogP contribution in [0.5, 0.6) is 0 Å². The lowest BCUT2D eigenvalue weighted by molar-refractivity contribution is 0.120. The zero-order chi connectivity index (χ0) is 13.0. The third kappa shape index (κ3) is 1.69. The number of aryl methyl sites for hydroxylation is 1. The third-order valence-corrected chi connectivity index (χ3v) is 7.11. The monoisotopic (exact) mass is 263 g/mol. The summed E-state index contributed by atoms with van der Waals surface area (Å²) in [5.74, 6) is 0.935. The van der Waals surface area contributed by atoms with Gasteiger partial charge < -0.3 is 5.32 Å². The summed E-state index contributed by atoms with van der Waals surface area (Å²) in [7, 11) is 0. The summed E-state index contributed by atoms with van der Waals surface area (Å²) < 4.78 is 0. The number of thiophene rings is 1. The maximum atomic E-state index is 3.85. The van der Waals surface area contributed by atoms with Crippen LogP contribution in [0.4, 0.5) is 0 Å². The average Bonchev–Trinajstić information content (AvgIpc) is 2.87. The van der Waals surface area contributed by atoms with Crippen LogP contribution < -0.4 is 5.32 Å². The van der Waals surface area contributed by atoms with Gasteiger partial charge >= 0.3 is 0 Å². The van der Waals surface area contributed by atoms with Crippen LogP contribution in [0.3, 0.4) is 0 Å². The molecule has 1 heterocycles. The van der Waals surface area contributed by atoms with E-state index < -0.39 is 0 Å². The van der Waals surface area contributed by atoms with E-state index in [1.165, 1.54) is 29.0 Å². The molecule has 0 spiro atoms. The van der Waals surface area contributed by atoms with E-state index in [0.29, 0.717) is 16.9 Å². The molecule has 2 aliphatic rings. The standard InChI is InChI=1S/C16H25NS/c1-11-5-6-13(18-11)10-17-14-9-12-7-8-16(14,4)15(12,2)3/h5-6,12,14,17H,7-10H2,1-4H3/t12-,14-,16+/m1/s1. The molecule has 3 atom stereocenters. The lowest BCUT2D eigenvalue weighted by atomic mass is 9.69. The molecule has 1 aromatic rings. The second kappa shape index (κ2) is 4.08. The van der Waals surface area contributed by atoms with Crippen LogP contribution in [0.2, 0.25) is 0 Å². The normalized spacial score (nSPS) is 37.3. The van der Waals surface area contributed by atoms with Gasteiger partial charge in [0.25, 0.3) is 0 Å². The van der Waals surface area contributed by atoms with Crippen LogP contribution in [0.25, 0.3) is 0 Å². The van der Waals surface area contributed by atoms with E-state index in [-0.39, 0.29) is 0 Å². The van der Waals surface area contributed by atoms with Crippen LogP contribution in [0.15, 0.2) is 12.1 Å². The first-order valence-corrected chi connectivity index (χ1v) is 8.04. The Bertz CT molecular complexity index is 448. The highest BCUT2D eigenvalue weighted by molar-refractivity contribution is 7.11. The minimum absolute atomic E-state index is 0.504. The molecule has 2 saturated carbocycles. The van der Waals surface area contributed by atoms with E-state index in [9.17, 15) is 0 Å². The molecule has 2 fully saturated rings. The van der Waals surface area contributed by atoms with Crippen molar-refractivity contribution in [2.24, 2.45) is 16.7 Å². The summed E-state index contributed by atoms with van der Waals surface area (Å²) in [4.78, 5) is 2.91. The summed E-state index contributed by atoms with van der Waals surface area (Å²) in [6.45, 7) is 10.7. The van der Waals surface area contributed by atoms with Crippen molar-refractivity contribution in [2.45, 2.75) is 59.5 Å². The van der Waals surface area contributed by atoms with Gasteiger partial charge in [0.05, 0.1) is 0 Å². The molecule has 1 aromatic heterocycles. The van der Waals surface area contributed by atoms with Gasteiger partial charge in [-0.05, 0) is 55.1 Å². The summed E-state index contributed by atoms with van der Waals surface area (Å²) >= 11 is 1.93. The smallest absolute Gasteiger partial charge is 0.0302 e. The van der Waals surface area contributed by atoms with E-state index >= 15 is 0 Å². The van der Waals surface area contributed by atoms with E-state index in [1.807, 2.05) is 11.3 Å². The van der Waals surface area contributed by atoms with Crippen molar-refractivity contribution >= 4 is 11.3 Å². The molecule has 1 N–H and O–H groups in total.